The van der Waals surface area contributed by atoms with Crippen LogP contribution < -0.4 is 9.64 Å². The molecule has 2 aromatic rings. The fourth-order valence-electron chi connectivity index (χ4n) is 3.60. The number of benzene rings is 1. The third-order valence-electron chi connectivity index (χ3n) is 5.20. The van der Waals surface area contributed by atoms with Gasteiger partial charge in [0.25, 0.3) is 0 Å². The van der Waals surface area contributed by atoms with Gasteiger partial charge in [0.2, 0.25) is 11.8 Å². The van der Waals surface area contributed by atoms with Gasteiger partial charge in [0.05, 0.1) is 12.6 Å². The van der Waals surface area contributed by atoms with E-state index in [0.717, 1.165) is 11.0 Å². The number of aromatic nitrogens is 2. The monoisotopic (exact) mass is 446 g/mol. The number of amides is 3. The molecule has 1 aromatic heterocycles. The van der Waals surface area contributed by atoms with Crippen LogP contribution in [0.25, 0.3) is 0 Å². The minimum absolute atomic E-state index is 0.0301. The Morgan fingerprint density at radius 2 is 2.00 bits per heavy atom. The summed E-state index contributed by atoms with van der Waals surface area (Å²) in [7, 11) is 1.31. The number of carbonyl (C=O) groups excluding carboxylic acids is 1. The van der Waals surface area contributed by atoms with Crippen LogP contribution in [0, 0.1) is 11.6 Å². The number of likely N-dealkylation sites (tertiary alicyclic amines) is 1. The zero-order valence-corrected chi connectivity index (χ0v) is 17.1. The first-order valence-electron chi connectivity index (χ1n) is 9.84. The van der Waals surface area contributed by atoms with Crippen LogP contribution >= 0.6 is 0 Å². The van der Waals surface area contributed by atoms with Crippen LogP contribution in [0.1, 0.15) is 24.4 Å². The quantitative estimate of drug-likeness (QED) is 0.773. The first kappa shape index (κ1) is 21.4. The highest BCUT2D eigenvalue weighted by Crippen LogP contribution is 2.31. The molecule has 2 aliphatic heterocycles. The number of carboxylic acid groups (broad SMARTS) is 1. The highest BCUT2D eigenvalue weighted by Gasteiger charge is 2.36. The van der Waals surface area contributed by atoms with Crippen molar-refractivity contribution in [3.8, 4) is 5.88 Å². The van der Waals surface area contributed by atoms with E-state index in [1.807, 2.05) is 0 Å². The standard InChI is InChI=1S/C20H20F2N6O4/c1-26(20(30)31)18-23-5-3-17(25-18)32-15-4-7-27(11-15)19(29)28-16(2-6-24-28)12-8-13(21)10-14(22)9-12/h3,5-6,8-10,15-16H,2,4,7,11H2,1H3,(H,30,31). The average Bonchev–Trinajstić information content (AvgIpc) is 3.42. The second-order valence-corrected chi connectivity index (χ2v) is 7.39. The van der Waals surface area contributed by atoms with Crippen LogP contribution in [0.2, 0.25) is 0 Å². The first-order valence-corrected chi connectivity index (χ1v) is 9.84. The molecule has 2 unspecified atom stereocenters. The van der Waals surface area contributed by atoms with Crippen LogP contribution in [-0.4, -0.2) is 69.6 Å². The maximum atomic E-state index is 13.6. The maximum Gasteiger partial charge on any atom is 0.413 e. The molecule has 3 amide bonds. The summed E-state index contributed by atoms with van der Waals surface area (Å²) in [6.45, 7) is 0.649. The van der Waals surface area contributed by atoms with E-state index in [9.17, 15) is 18.4 Å². The second-order valence-electron chi connectivity index (χ2n) is 7.39. The van der Waals surface area contributed by atoms with E-state index in [1.165, 1.54) is 42.7 Å². The molecule has 2 aliphatic rings. The van der Waals surface area contributed by atoms with Crippen molar-refractivity contribution in [3.05, 3.63) is 47.7 Å². The Morgan fingerprint density at radius 3 is 2.72 bits per heavy atom. The molecule has 1 N–H and O–H groups in total. The molecule has 3 heterocycles. The van der Waals surface area contributed by atoms with Crippen molar-refractivity contribution in [3.63, 3.8) is 0 Å². The van der Waals surface area contributed by atoms with E-state index in [0.29, 0.717) is 24.9 Å². The molecule has 1 fully saturated rings. The van der Waals surface area contributed by atoms with Gasteiger partial charge >= 0.3 is 12.1 Å². The molecule has 0 saturated carbocycles. The number of halogens is 2. The lowest BCUT2D eigenvalue weighted by Crippen LogP contribution is -2.40. The maximum absolute atomic E-state index is 13.6. The van der Waals surface area contributed by atoms with Gasteiger partial charge in [0.15, 0.2) is 0 Å². The Balaban J connectivity index is 1.41. The summed E-state index contributed by atoms with van der Waals surface area (Å²) < 4.78 is 33.1. The van der Waals surface area contributed by atoms with E-state index in [1.54, 1.807) is 4.90 Å². The highest BCUT2D eigenvalue weighted by molar-refractivity contribution is 5.82. The molecule has 0 aliphatic carbocycles. The molecule has 0 spiro atoms. The fourth-order valence-corrected chi connectivity index (χ4v) is 3.60. The number of rotatable bonds is 4. The molecular formula is C20H20F2N6O4. The Morgan fingerprint density at radius 1 is 1.25 bits per heavy atom. The van der Waals surface area contributed by atoms with Gasteiger partial charge in [-0.15, -0.1) is 0 Å². The molecule has 1 saturated heterocycles. The molecule has 12 heteroatoms. The number of ether oxygens (including phenoxy) is 1. The van der Waals surface area contributed by atoms with Crippen molar-refractivity contribution >= 4 is 24.3 Å². The molecule has 0 bridgehead atoms. The van der Waals surface area contributed by atoms with Gasteiger partial charge in [-0.2, -0.15) is 10.1 Å². The number of carbonyl (C=O) groups is 2. The normalized spacial score (nSPS) is 20.0. The minimum Gasteiger partial charge on any atom is -0.472 e. The van der Waals surface area contributed by atoms with Gasteiger partial charge < -0.3 is 14.7 Å². The van der Waals surface area contributed by atoms with Crippen molar-refractivity contribution in [1.82, 2.24) is 19.9 Å². The van der Waals surface area contributed by atoms with E-state index in [2.05, 4.69) is 15.1 Å². The zero-order chi connectivity index (χ0) is 22.8. The molecule has 10 nitrogen and oxygen atoms in total. The number of urea groups is 1. The summed E-state index contributed by atoms with van der Waals surface area (Å²) >= 11 is 0. The summed E-state index contributed by atoms with van der Waals surface area (Å²) in [5.74, 6) is -1.27. The smallest absolute Gasteiger partial charge is 0.413 e. The number of anilines is 1. The Kier molecular flexibility index (Phi) is 5.84. The predicted molar refractivity (Wildman–Crippen MR) is 109 cm³/mol. The fraction of sp³-hybridized carbons (Fsp3) is 0.350. The van der Waals surface area contributed by atoms with E-state index >= 15 is 0 Å². The lowest BCUT2D eigenvalue weighted by Gasteiger charge is -2.27. The molecular weight excluding hydrogens is 426 g/mol. The number of nitrogens with zero attached hydrogens (tertiary/aromatic N) is 6. The Bertz CT molecular complexity index is 1050. The summed E-state index contributed by atoms with van der Waals surface area (Å²) in [6.07, 6.45) is 2.22. The molecule has 1 aromatic carbocycles. The number of hydrazone groups is 1. The van der Waals surface area contributed by atoms with Crippen LogP contribution in [0.5, 0.6) is 5.88 Å². The third kappa shape index (κ3) is 4.43. The van der Waals surface area contributed by atoms with Crippen molar-refractivity contribution < 1.29 is 28.2 Å². The van der Waals surface area contributed by atoms with Crippen LogP contribution in [-0.2, 0) is 0 Å². The SMILES string of the molecule is CN(C(=O)O)c1nccc(OC2CCN(C(=O)N3N=CCC3c3cc(F)cc(F)c3)C2)n1. The summed E-state index contributed by atoms with van der Waals surface area (Å²) in [5.41, 5.74) is 0.330. The molecule has 4 rings (SSSR count). The summed E-state index contributed by atoms with van der Waals surface area (Å²) in [5, 5.41) is 14.4. The van der Waals surface area contributed by atoms with Crippen LogP contribution in [0.3, 0.4) is 0 Å². The first-order chi connectivity index (χ1) is 15.3. The third-order valence-corrected chi connectivity index (χ3v) is 5.20. The Hall–Kier alpha value is -3.83. The van der Waals surface area contributed by atoms with Gasteiger partial charge in [-0.1, -0.05) is 0 Å². The average molecular weight is 446 g/mol. The van der Waals surface area contributed by atoms with Gasteiger partial charge in [0.1, 0.15) is 17.7 Å². The highest BCUT2D eigenvalue weighted by atomic mass is 19.1. The predicted octanol–water partition coefficient (Wildman–Crippen LogP) is 2.87. The molecule has 168 valence electrons. The van der Waals surface area contributed by atoms with Crippen LogP contribution in [0.15, 0.2) is 35.6 Å². The van der Waals surface area contributed by atoms with Crippen LogP contribution in [0.4, 0.5) is 24.3 Å². The minimum atomic E-state index is -1.21. The number of hydrogen-bond donors (Lipinski definition) is 1. The largest absolute Gasteiger partial charge is 0.472 e. The van der Waals surface area contributed by atoms with E-state index < -0.39 is 29.8 Å². The van der Waals surface area contributed by atoms with Gasteiger partial charge in [-0.3, -0.25) is 0 Å². The second kappa shape index (κ2) is 8.73. The molecule has 2 atom stereocenters. The van der Waals surface area contributed by atoms with Crippen molar-refractivity contribution in [2.45, 2.75) is 25.0 Å². The van der Waals surface area contributed by atoms with Gasteiger partial charge in [0, 0.05) is 51.0 Å². The summed E-state index contributed by atoms with van der Waals surface area (Å²) in [4.78, 5) is 34.5. The number of hydrogen-bond acceptors (Lipinski definition) is 6. The molecule has 32 heavy (non-hydrogen) atoms. The van der Waals surface area contributed by atoms with Gasteiger partial charge in [-0.25, -0.2) is 33.3 Å². The van der Waals surface area contributed by atoms with Gasteiger partial charge in [-0.05, 0) is 17.7 Å². The van der Waals surface area contributed by atoms with Crippen molar-refractivity contribution in [2.75, 3.05) is 25.0 Å². The van der Waals surface area contributed by atoms with E-state index in [4.69, 9.17) is 9.84 Å². The van der Waals surface area contributed by atoms with E-state index in [-0.39, 0.29) is 24.5 Å². The zero-order valence-electron chi connectivity index (χ0n) is 17.1. The van der Waals surface area contributed by atoms with Crippen molar-refractivity contribution in [2.24, 2.45) is 5.10 Å². The van der Waals surface area contributed by atoms with Crippen molar-refractivity contribution in [1.29, 1.82) is 0 Å². The lowest BCUT2D eigenvalue weighted by atomic mass is 10.0. The summed E-state index contributed by atoms with van der Waals surface area (Å²) in [6, 6.07) is 3.68. The molecule has 0 radical (unpaired) electrons. The topological polar surface area (TPSA) is 111 Å². The lowest BCUT2D eigenvalue weighted by molar-refractivity contribution is 0.141. The Labute approximate surface area is 181 Å².